The van der Waals surface area contributed by atoms with E-state index in [4.69, 9.17) is 0 Å². The first-order valence-corrected chi connectivity index (χ1v) is 8.39. The van der Waals surface area contributed by atoms with Gasteiger partial charge in [0.25, 0.3) is 0 Å². The van der Waals surface area contributed by atoms with E-state index in [1.807, 2.05) is 17.0 Å². The number of hydrogen-bond donors (Lipinski definition) is 1. The van der Waals surface area contributed by atoms with Gasteiger partial charge in [-0.3, -0.25) is 4.79 Å². The van der Waals surface area contributed by atoms with E-state index in [2.05, 4.69) is 61.2 Å². The van der Waals surface area contributed by atoms with Crippen molar-refractivity contribution in [2.75, 3.05) is 18.8 Å². The highest BCUT2D eigenvalue weighted by Crippen LogP contribution is 2.28. The minimum Gasteiger partial charge on any atom is -0.341 e. The number of carbonyl (C=O) groups is 1. The summed E-state index contributed by atoms with van der Waals surface area (Å²) in [6.07, 6.45) is 0.639. The van der Waals surface area contributed by atoms with E-state index < -0.39 is 0 Å². The Morgan fingerprint density at radius 1 is 1.00 bits per heavy atom. The molecule has 0 aromatic heterocycles. The van der Waals surface area contributed by atoms with E-state index >= 15 is 0 Å². The van der Waals surface area contributed by atoms with Gasteiger partial charge in [-0.25, -0.2) is 0 Å². The molecule has 0 aliphatic carbocycles. The molecular formula is C19H21NOS. The van der Waals surface area contributed by atoms with Crippen molar-refractivity contribution < 1.29 is 4.79 Å². The highest BCUT2D eigenvalue weighted by atomic mass is 32.1. The van der Waals surface area contributed by atoms with Gasteiger partial charge in [0.2, 0.25) is 5.91 Å². The van der Waals surface area contributed by atoms with E-state index in [9.17, 15) is 4.79 Å². The Morgan fingerprint density at radius 3 is 2.00 bits per heavy atom. The maximum Gasteiger partial charge on any atom is 0.222 e. The van der Waals surface area contributed by atoms with Crippen LogP contribution in [0.4, 0.5) is 0 Å². The van der Waals surface area contributed by atoms with Gasteiger partial charge in [0.05, 0.1) is 0 Å². The molecule has 1 aliphatic heterocycles. The van der Waals surface area contributed by atoms with Crippen molar-refractivity contribution in [1.29, 1.82) is 0 Å². The molecular weight excluding hydrogens is 290 g/mol. The van der Waals surface area contributed by atoms with Crippen LogP contribution in [0.5, 0.6) is 0 Å². The molecule has 1 unspecified atom stereocenters. The van der Waals surface area contributed by atoms with Gasteiger partial charge in [-0.05, 0) is 22.8 Å². The first-order chi connectivity index (χ1) is 10.8. The topological polar surface area (TPSA) is 20.3 Å². The molecule has 114 valence electrons. The van der Waals surface area contributed by atoms with Gasteiger partial charge in [0.15, 0.2) is 0 Å². The first kappa shape index (κ1) is 15.2. The van der Waals surface area contributed by atoms with E-state index in [0.29, 0.717) is 12.3 Å². The summed E-state index contributed by atoms with van der Waals surface area (Å²) < 4.78 is 0. The zero-order valence-electron chi connectivity index (χ0n) is 12.6. The number of rotatable bonds is 5. The molecule has 3 rings (SSSR count). The van der Waals surface area contributed by atoms with Crippen LogP contribution >= 0.6 is 12.6 Å². The van der Waals surface area contributed by atoms with Crippen molar-refractivity contribution in [1.82, 2.24) is 4.90 Å². The largest absolute Gasteiger partial charge is 0.341 e. The molecule has 0 bridgehead atoms. The second-order valence-corrected chi connectivity index (χ2v) is 6.29. The van der Waals surface area contributed by atoms with Gasteiger partial charge in [0.1, 0.15) is 0 Å². The summed E-state index contributed by atoms with van der Waals surface area (Å²) in [7, 11) is 0. The van der Waals surface area contributed by atoms with Crippen molar-refractivity contribution >= 4 is 18.5 Å². The van der Waals surface area contributed by atoms with Crippen LogP contribution in [0.15, 0.2) is 60.7 Å². The lowest BCUT2D eigenvalue weighted by molar-refractivity contribution is -0.127. The number of hydrogen-bond acceptors (Lipinski definition) is 2. The number of amides is 1. The molecule has 1 saturated heterocycles. The second kappa shape index (κ2) is 7.01. The molecule has 0 N–H and O–H groups in total. The molecule has 0 spiro atoms. The molecule has 1 aliphatic rings. The van der Waals surface area contributed by atoms with Crippen LogP contribution in [0.25, 0.3) is 0 Å². The van der Waals surface area contributed by atoms with Crippen LogP contribution in [-0.4, -0.2) is 29.6 Å². The first-order valence-electron chi connectivity index (χ1n) is 7.76. The predicted molar refractivity (Wildman–Crippen MR) is 93.3 cm³/mol. The molecule has 3 heteroatoms. The fourth-order valence-electron chi connectivity index (χ4n) is 3.15. The predicted octanol–water partition coefficient (Wildman–Crippen LogP) is 3.60. The third-order valence-corrected chi connectivity index (χ3v) is 4.88. The minimum atomic E-state index is 0.227. The zero-order valence-corrected chi connectivity index (χ0v) is 13.5. The summed E-state index contributed by atoms with van der Waals surface area (Å²) in [5.41, 5.74) is 2.52. The molecule has 1 fully saturated rings. The van der Waals surface area contributed by atoms with Gasteiger partial charge in [0, 0.05) is 25.4 Å². The molecule has 2 nitrogen and oxygen atoms in total. The summed E-state index contributed by atoms with van der Waals surface area (Å²) in [6.45, 7) is 1.58. The van der Waals surface area contributed by atoms with Gasteiger partial charge in [-0.1, -0.05) is 60.7 Å². The molecule has 1 atom stereocenters. The lowest BCUT2D eigenvalue weighted by Crippen LogP contribution is -2.30. The lowest BCUT2D eigenvalue weighted by Gasteiger charge is -2.25. The molecule has 2 aromatic carbocycles. The van der Waals surface area contributed by atoms with Crippen molar-refractivity contribution in [3.05, 3.63) is 71.8 Å². The number of carbonyl (C=O) groups excluding carboxylic acids is 1. The van der Waals surface area contributed by atoms with Crippen molar-refractivity contribution in [3.8, 4) is 0 Å². The second-order valence-electron chi connectivity index (χ2n) is 5.93. The van der Waals surface area contributed by atoms with Crippen molar-refractivity contribution in [2.45, 2.75) is 12.3 Å². The van der Waals surface area contributed by atoms with Crippen LogP contribution < -0.4 is 0 Å². The smallest absolute Gasteiger partial charge is 0.222 e. The molecule has 0 radical (unpaired) electrons. The summed E-state index contributed by atoms with van der Waals surface area (Å²) in [5.74, 6) is 1.66. The van der Waals surface area contributed by atoms with Crippen LogP contribution in [0.1, 0.15) is 23.5 Å². The molecule has 2 aromatic rings. The number of benzene rings is 2. The van der Waals surface area contributed by atoms with Crippen molar-refractivity contribution in [2.24, 2.45) is 5.92 Å². The Bertz CT molecular complexity index is 574. The molecule has 1 heterocycles. The third-order valence-electron chi connectivity index (χ3n) is 4.36. The SMILES string of the molecule is O=C1CC(CS)CN1CC(c1ccccc1)c1ccccc1. The molecule has 0 saturated carbocycles. The maximum absolute atomic E-state index is 12.2. The van der Waals surface area contributed by atoms with E-state index in [1.165, 1.54) is 11.1 Å². The monoisotopic (exact) mass is 311 g/mol. The molecule has 1 amide bonds. The average Bonchev–Trinajstić information content (AvgIpc) is 2.94. The standard InChI is InChI=1S/C19H21NOS/c21-19-11-15(14-22)12-20(19)13-18(16-7-3-1-4-8-16)17-9-5-2-6-10-17/h1-10,15,18,22H,11-14H2. The Labute approximate surface area is 137 Å². The fraction of sp³-hybridized carbons (Fsp3) is 0.316. The highest BCUT2D eigenvalue weighted by molar-refractivity contribution is 7.80. The van der Waals surface area contributed by atoms with Crippen LogP contribution in [0.2, 0.25) is 0 Å². The molecule has 22 heavy (non-hydrogen) atoms. The van der Waals surface area contributed by atoms with Gasteiger partial charge < -0.3 is 4.90 Å². The fourth-order valence-corrected chi connectivity index (χ4v) is 3.39. The summed E-state index contributed by atoms with van der Waals surface area (Å²) in [6, 6.07) is 20.9. The Kier molecular flexibility index (Phi) is 4.84. The third kappa shape index (κ3) is 3.36. The maximum atomic E-state index is 12.2. The summed E-state index contributed by atoms with van der Waals surface area (Å²) in [5, 5.41) is 0. The number of nitrogens with zero attached hydrogens (tertiary/aromatic N) is 1. The Hall–Kier alpha value is -1.74. The zero-order chi connectivity index (χ0) is 15.4. The van der Waals surface area contributed by atoms with E-state index in [-0.39, 0.29) is 11.8 Å². The minimum absolute atomic E-state index is 0.227. The quantitative estimate of drug-likeness (QED) is 0.837. The lowest BCUT2D eigenvalue weighted by atomic mass is 9.91. The number of thiol groups is 1. The summed E-state index contributed by atoms with van der Waals surface area (Å²) >= 11 is 4.35. The van der Waals surface area contributed by atoms with Gasteiger partial charge in [-0.15, -0.1) is 0 Å². The summed E-state index contributed by atoms with van der Waals surface area (Å²) in [4.78, 5) is 14.2. The van der Waals surface area contributed by atoms with E-state index in [1.54, 1.807) is 0 Å². The Morgan fingerprint density at radius 2 is 1.55 bits per heavy atom. The normalized spacial score (nSPS) is 18.2. The number of likely N-dealkylation sites (tertiary alicyclic amines) is 1. The van der Waals surface area contributed by atoms with Crippen LogP contribution in [0, 0.1) is 5.92 Å². The van der Waals surface area contributed by atoms with Gasteiger partial charge >= 0.3 is 0 Å². The van der Waals surface area contributed by atoms with Gasteiger partial charge in [-0.2, -0.15) is 12.6 Å². The van der Waals surface area contributed by atoms with E-state index in [0.717, 1.165) is 18.8 Å². The average molecular weight is 311 g/mol. The van der Waals surface area contributed by atoms with Crippen LogP contribution in [-0.2, 0) is 4.79 Å². The van der Waals surface area contributed by atoms with Crippen molar-refractivity contribution in [3.63, 3.8) is 0 Å². The highest BCUT2D eigenvalue weighted by Gasteiger charge is 2.30. The van der Waals surface area contributed by atoms with Crippen LogP contribution in [0.3, 0.4) is 0 Å². The Balaban J connectivity index is 1.85.